The van der Waals surface area contributed by atoms with Crippen LogP contribution in [0, 0.1) is 0 Å². The molecule has 172 valence electrons. The van der Waals surface area contributed by atoms with Gasteiger partial charge in [-0.2, -0.15) is 0 Å². The van der Waals surface area contributed by atoms with Crippen molar-refractivity contribution < 1.29 is 58.6 Å². The van der Waals surface area contributed by atoms with Crippen molar-refractivity contribution in [2.75, 3.05) is 0 Å². The molecule has 4 atom stereocenters. The molecule has 1 unspecified atom stereocenters. The monoisotopic (exact) mass is 490 g/mol. The van der Waals surface area contributed by atoms with Crippen LogP contribution in [-0.4, -0.2) is 50.9 Å². The number of β-lactam (4-membered cyclic amide) rings is 1. The summed E-state index contributed by atoms with van der Waals surface area (Å²) in [5.74, 6) is -4.52. The summed E-state index contributed by atoms with van der Waals surface area (Å²) in [7, 11) is 0. The Balaban J connectivity index is 0.00000324. The van der Waals surface area contributed by atoms with Gasteiger partial charge in [-0.15, -0.1) is 11.8 Å². The first-order valence-electron chi connectivity index (χ1n) is 10.5. The van der Waals surface area contributed by atoms with Crippen LogP contribution in [0.4, 0.5) is 0 Å². The predicted molar refractivity (Wildman–Crippen MR) is 118 cm³/mol. The molecule has 34 heavy (non-hydrogen) atoms. The molecule has 2 fully saturated rings. The van der Waals surface area contributed by atoms with Gasteiger partial charge in [0.15, 0.2) is 5.92 Å². The Hall–Kier alpha value is -2.33. The average Bonchev–Trinajstić information content (AvgIpc) is 3.05. The van der Waals surface area contributed by atoms with E-state index >= 15 is 0 Å². The minimum atomic E-state index is -1.33. The molecule has 8 nitrogen and oxygen atoms in total. The quantitative estimate of drug-likeness (QED) is 0.203. The number of nitrogens with one attached hydrogen (secondary N) is 1. The zero-order valence-electron chi connectivity index (χ0n) is 19.1. The topological polar surface area (TPSA) is 116 Å². The van der Waals surface area contributed by atoms with E-state index in [2.05, 4.69) is 5.32 Å². The van der Waals surface area contributed by atoms with Gasteiger partial charge in [-0.25, -0.2) is 0 Å². The minimum Gasteiger partial charge on any atom is -0.548 e. The number of thioether (sulfide) groups is 1. The molecular weight excluding hydrogens is 467 g/mol. The molecule has 2 amide bonds. The Morgan fingerprint density at radius 2 is 1.68 bits per heavy atom. The third-order valence-corrected chi connectivity index (χ3v) is 7.39. The third kappa shape index (κ3) is 5.02. The van der Waals surface area contributed by atoms with Crippen LogP contribution >= 0.6 is 11.8 Å². The maximum atomic E-state index is 13.2. The van der Waals surface area contributed by atoms with Crippen molar-refractivity contribution >= 4 is 35.5 Å². The van der Waals surface area contributed by atoms with E-state index in [0.717, 1.165) is 5.56 Å². The molecule has 2 aliphatic rings. The van der Waals surface area contributed by atoms with Crippen LogP contribution in [0.3, 0.4) is 0 Å². The fourth-order valence-electron chi connectivity index (χ4n) is 4.22. The molecule has 2 aromatic carbocycles. The van der Waals surface area contributed by atoms with Gasteiger partial charge >= 0.3 is 35.5 Å². The Labute approximate surface area is 223 Å². The second kappa shape index (κ2) is 10.5. The zero-order valence-corrected chi connectivity index (χ0v) is 21.9. The molecular formula is C24H23N2NaO6S. The summed E-state index contributed by atoms with van der Waals surface area (Å²) in [6, 6.07) is 15.5. The fourth-order valence-corrected chi connectivity index (χ4v) is 5.84. The van der Waals surface area contributed by atoms with E-state index in [0.29, 0.717) is 5.56 Å². The number of amides is 2. The maximum absolute atomic E-state index is 13.2. The van der Waals surface area contributed by atoms with Crippen molar-refractivity contribution in [2.24, 2.45) is 0 Å². The summed E-state index contributed by atoms with van der Waals surface area (Å²) >= 11 is 1.28. The average molecular weight is 491 g/mol. The standard InChI is InChI=1S/C24H24N2O6S.Na/c1-24(2)18(22(29)30)26-20(28)17(21(26)33-24)25-19(27)16(15-11-7-4-8-12-15)23(31)32-13-14-9-5-3-6-10-14;/h3-12,16-18,21H,13H2,1-2H3,(H,25,27)(H,29,30);/q;+1/p-1/t16?,17-,18+,21-;/m1./s1. The number of carbonyl (C=O) groups is 4. The molecule has 2 heterocycles. The van der Waals surface area contributed by atoms with Gasteiger partial charge < -0.3 is 24.9 Å². The first-order valence-corrected chi connectivity index (χ1v) is 11.4. The van der Waals surface area contributed by atoms with Gasteiger partial charge in [-0.1, -0.05) is 60.7 Å². The molecule has 0 spiro atoms. The fraction of sp³-hybridized carbons (Fsp3) is 0.333. The Kier molecular flexibility index (Phi) is 8.13. The largest absolute Gasteiger partial charge is 1.00 e. The number of esters is 1. The number of hydrogen-bond acceptors (Lipinski definition) is 7. The van der Waals surface area contributed by atoms with Gasteiger partial charge in [0.05, 0.1) is 12.0 Å². The van der Waals surface area contributed by atoms with Crippen molar-refractivity contribution in [2.45, 2.75) is 48.6 Å². The second-order valence-corrected chi connectivity index (χ2v) is 10.3. The molecule has 1 N–H and O–H groups in total. The third-order valence-electron chi connectivity index (χ3n) is 5.82. The van der Waals surface area contributed by atoms with Crippen molar-refractivity contribution in [3.8, 4) is 0 Å². The van der Waals surface area contributed by atoms with Crippen LogP contribution in [0.1, 0.15) is 30.9 Å². The number of carboxylic acids is 1. The van der Waals surface area contributed by atoms with E-state index in [4.69, 9.17) is 4.74 Å². The number of benzene rings is 2. The molecule has 0 aromatic heterocycles. The second-order valence-electron chi connectivity index (χ2n) is 8.50. The van der Waals surface area contributed by atoms with Crippen molar-refractivity contribution in [3.63, 3.8) is 0 Å². The number of rotatable bonds is 7. The normalized spacial score (nSPS) is 23.1. The zero-order chi connectivity index (χ0) is 23.8. The molecule has 2 aliphatic heterocycles. The first kappa shape index (κ1) is 26.3. The minimum absolute atomic E-state index is 0. The summed E-state index contributed by atoms with van der Waals surface area (Å²) in [4.78, 5) is 51.7. The maximum Gasteiger partial charge on any atom is 1.00 e. The summed E-state index contributed by atoms with van der Waals surface area (Å²) < 4.78 is 4.64. The molecule has 4 rings (SSSR count). The summed E-state index contributed by atoms with van der Waals surface area (Å²) in [6.07, 6.45) is 0. The van der Waals surface area contributed by atoms with Crippen LogP contribution < -0.4 is 40.0 Å². The van der Waals surface area contributed by atoms with Crippen molar-refractivity contribution in [3.05, 3.63) is 71.8 Å². The van der Waals surface area contributed by atoms with Crippen molar-refractivity contribution in [1.82, 2.24) is 10.2 Å². The number of ether oxygens (including phenoxy) is 1. The Morgan fingerprint density at radius 3 is 2.26 bits per heavy atom. The molecule has 0 saturated carbocycles. The van der Waals surface area contributed by atoms with E-state index in [1.807, 2.05) is 18.2 Å². The predicted octanol–water partition coefficient (Wildman–Crippen LogP) is -2.19. The molecule has 2 aromatic rings. The first-order chi connectivity index (χ1) is 15.7. The number of carbonyl (C=O) groups excluding carboxylic acids is 4. The van der Waals surface area contributed by atoms with Crippen LogP contribution in [0.5, 0.6) is 0 Å². The number of hydrogen-bond donors (Lipinski definition) is 1. The SMILES string of the molecule is CC1(C)S[C@@H]2[C@H](NC(=O)C(C(=O)OCc3ccccc3)c3ccccc3)C(=O)N2[C@H]1C(=O)[O-].[Na+]. The van der Waals surface area contributed by atoms with Gasteiger partial charge in [-0.3, -0.25) is 14.4 Å². The molecule has 0 aliphatic carbocycles. The van der Waals surface area contributed by atoms with Gasteiger partial charge in [0.25, 0.3) is 0 Å². The number of nitrogens with zero attached hydrogens (tertiary/aromatic N) is 1. The molecule has 2 saturated heterocycles. The van der Waals surface area contributed by atoms with Gasteiger partial charge in [0, 0.05) is 4.75 Å². The van der Waals surface area contributed by atoms with Crippen LogP contribution in [0.15, 0.2) is 60.7 Å². The summed E-state index contributed by atoms with van der Waals surface area (Å²) in [5, 5.41) is 13.7. The Morgan fingerprint density at radius 1 is 1.09 bits per heavy atom. The van der Waals surface area contributed by atoms with E-state index in [-0.39, 0.29) is 36.2 Å². The summed E-state index contributed by atoms with van der Waals surface area (Å²) in [6.45, 7) is 3.44. The number of fused-ring (bicyclic) bond motifs is 1. The van der Waals surface area contributed by atoms with Crippen LogP contribution in [0.25, 0.3) is 0 Å². The van der Waals surface area contributed by atoms with Gasteiger partial charge in [-0.05, 0) is 25.0 Å². The molecule has 10 heteroatoms. The number of aliphatic carboxylic acids is 1. The van der Waals surface area contributed by atoms with E-state index < -0.39 is 51.9 Å². The van der Waals surface area contributed by atoms with Crippen LogP contribution in [-0.2, 0) is 30.5 Å². The molecule has 0 bridgehead atoms. The van der Waals surface area contributed by atoms with Crippen molar-refractivity contribution in [1.29, 1.82) is 0 Å². The Bertz CT molecular complexity index is 1080. The number of carboxylic acid groups (broad SMARTS) is 1. The van der Waals surface area contributed by atoms with E-state index in [1.165, 1.54) is 16.7 Å². The van der Waals surface area contributed by atoms with Crippen LogP contribution in [0.2, 0.25) is 0 Å². The molecule has 0 radical (unpaired) electrons. The van der Waals surface area contributed by atoms with Gasteiger partial charge in [0.2, 0.25) is 11.8 Å². The van der Waals surface area contributed by atoms with Gasteiger partial charge in [0.1, 0.15) is 18.0 Å². The van der Waals surface area contributed by atoms with E-state index in [9.17, 15) is 24.3 Å². The van der Waals surface area contributed by atoms with E-state index in [1.54, 1.807) is 56.3 Å². The smallest absolute Gasteiger partial charge is 0.548 e. The summed E-state index contributed by atoms with van der Waals surface area (Å²) in [5.41, 5.74) is 1.21.